The first-order chi connectivity index (χ1) is 11.4. The Balaban J connectivity index is 1.41. The lowest BCUT2D eigenvalue weighted by molar-refractivity contribution is 0.185. The molecule has 0 bridgehead atoms. The number of benzene rings is 2. The maximum Gasteiger partial charge on any atom is 0.120 e. The maximum atomic E-state index is 5.88. The van der Waals surface area contributed by atoms with Crippen molar-refractivity contribution in [2.75, 3.05) is 26.3 Å². The summed E-state index contributed by atoms with van der Waals surface area (Å²) in [6.45, 7) is 4.51. The summed E-state index contributed by atoms with van der Waals surface area (Å²) in [4.78, 5) is 0. The van der Waals surface area contributed by atoms with Gasteiger partial charge in [-0.2, -0.15) is 0 Å². The molecule has 0 amide bonds. The summed E-state index contributed by atoms with van der Waals surface area (Å²) >= 11 is 0. The van der Waals surface area contributed by atoms with Gasteiger partial charge < -0.3 is 14.8 Å². The van der Waals surface area contributed by atoms with Gasteiger partial charge in [0.15, 0.2) is 0 Å². The molecule has 1 aliphatic rings. The van der Waals surface area contributed by atoms with Gasteiger partial charge in [-0.15, -0.1) is 0 Å². The van der Waals surface area contributed by atoms with Gasteiger partial charge in [-0.25, -0.2) is 0 Å². The molecule has 2 aromatic rings. The molecule has 1 N–H and O–H groups in total. The van der Waals surface area contributed by atoms with E-state index in [1.54, 1.807) is 0 Å². The molecular formula is C20H25NO2. The van der Waals surface area contributed by atoms with E-state index in [9.17, 15) is 0 Å². The second-order valence-corrected chi connectivity index (χ2v) is 6.11. The third kappa shape index (κ3) is 5.38. The molecule has 122 valence electrons. The zero-order valence-corrected chi connectivity index (χ0v) is 13.5. The van der Waals surface area contributed by atoms with Crippen LogP contribution in [0.5, 0.6) is 5.75 Å². The van der Waals surface area contributed by atoms with Crippen LogP contribution in [0.3, 0.4) is 0 Å². The van der Waals surface area contributed by atoms with Crippen molar-refractivity contribution in [2.45, 2.75) is 19.4 Å². The smallest absolute Gasteiger partial charge is 0.120 e. The Labute approximate surface area is 138 Å². The third-order valence-electron chi connectivity index (χ3n) is 4.19. The highest BCUT2D eigenvalue weighted by Crippen LogP contribution is 2.16. The molecule has 1 fully saturated rings. The molecule has 23 heavy (non-hydrogen) atoms. The Morgan fingerprint density at radius 3 is 2.74 bits per heavy atom. The first kappa shape index (κ1) is 16.0. The van der Waals surface area contributed by atoms with Crippen LogP contribution < -0.4 is 10.1 Å². The highest BCUT2D eigenvalue weighted by atomic mass is 16.5. The Morgan fingerprint density at radius 2 is 1.91 bits per heavy atom. The number of hydrogen-bond acceptors (Lipinski definition) is 3. The van der Waals surface area contributed by atoms with Crippen molar-refractivity contribution in [3.63, 3.8) is 0 Å². The predicted molar refractivity (Wildman–Crippen MR) is 92.7 cm³/mol. The molecule has 1 atom stereocenters. The van der Waals surface area contributed by atoms with E-state index in [0.717, 1.165) is 38.5 Å². The largest absolute Gasteiger partial charge is 0.489 e. The molecule has 1 heterocycles. The summed E-state index contributed by atoms with van der Waals surface area (Å²) in [6, 6.07) is 18.7. The van der Waals surface area contributed by atoms with Crippen molar-refractivity contribution in [2.24, 2.45) is 5.92 Å². The van der Waals surface area contributed by atoms with Gasteiger partial charge in [0, 0.05) is 13.2 Å². The molecule has 0 spiro atoms. The van der Waals surface area contributed by atoms with Gasteiger partial charge in [0.1, 0.15) is 12.4 Å². The summed E-state index contributed by atoms with van der Waals surface area (Å²) in [5, 5.41) is 3.53. The third-order valence-corrected chi connectivity index (χ3v) is 4.19. The number of hydrogen-bond donors (Lipinski definition) is 1. The van der Waals surface area contributed by atoms with Crippen molar-refractivity contribution < 1.29 is 9.47 Å². The molecule has 0 aliphatic carbocycles. The minimum absolute atomic E-state index is 0.615. The number of ether oxygens (including phenoxy) is 2. The predicted octanol–water partition coefficient (Wildman–Crippen LogP) is 3.43. The quantitative estimate of drug-likeness (QED) is 0.758. The van der Waals surface area contributed by atoms with Crippen LogP contribution in [-0.4, -0.2) is 26.3 Å². The molecule has 1 aliphatic heterocycles. The highest BCUT2D eigenvalue weighted by molar-refractivity contribution is 5.29. The van der Waals surface area contributed by atoms with Crippen molar-refractivity contribution in [1.29, 1.82) is 0 Å². The normalized spacial score (nSPS) is 17.3. The van der Waals surface area contributed by atoms with Crippen LogP contribution in [0.4, 0.5) is 0 Å². The van der Waals surface area contributed by atoms with Gasteiger partial charge in [0.05, 0.1) is 6.61 Å². The van der Waals surface area contributed by atoms with Gasteiger partial charge >= 0.3 is 0 Å². The van der Waals surface area contributed by atoms with E-state index in [4.69, 9.17) is 9.47 Å². The Bertz CT molecular complexity index is 579. The average Bonchev–Trinajstić information content (AvgIpc) is 3.12. The molecule has 3 nitrogen and oxygen atoms in total. The fourth-order valence-electron chi connectivity index (χ4n) is 2.81. The van der Waals surface area contributed by atoms with Gasteiger partial charge in [0.2, 0.25) is 0 Å². The fourth-order valence-corrected chi connectivity index (χ4v) is 2.81. The molecule has 3 rings (SSSR count). The first-order valence-electron chi connectivity index (χ1n) is 8.44. The zero-order chi connectivity index (χ0) is 15.7. The van der Waals surface area contributed by atoms with E-state index < -0.39 is 0 Å². The first-order valence-corrected chi connectivity index (χ1v) is 8.44. The van der Waals surface area contributed by atoms with E-state index >= 15 is 0 Å². The minimum atomic E-state index is 0.615. The van der Waals surface area contributed by atoms with Gasteiger partial charge in [-0.3, -0.25) is 0 Å². The van der Waals surface area contributed by atoms with Crippen molar-refractivity contribution >= 4 is 0 Å². The molecule has 1 unspecified atom stereocenters. The molecule has 0 radical (unpaired) electrons. The summed E-state index contributed by atoms with van der Waals surface area (Å²) in [5.74, 6) is 1.63. The van der Waals surface area contributed by atoms with Crippen LogP contribution in [0.1, 0.15) is 17.5 Å². The standard InChI is InChI=1S/C20H25NO2/c1-2-5-18(6-3-1)16-23-20-8-4-7-17(13-20)9-11-21-14-19-10-12-22-15-19/h1-8,13,19,21H,9-12,14-16H2. The van der Waals surface area contributed by atoms with Gasteiger partial charge in [0.25, 0.3) is 0 Å². The number of rotatable bonds is 8. The number of nitrogens with one attached hydrogen (secondary N) is 1. The van der Waals surface area contributed by atoms with Gasteiger partial charge in [-0.1, -0.05) is 42.5 Å². The maximum absolute atomic E-state index is 5.88. The lowest BCUT2D eigenvalue weighted by atomic mass is 10.1. The summed E-state index contributed by atoms with van der Waals surface area (Å²) in [5.41, 5.74) is 2.50. The zero-order valence-electron chi connectivity index (χ0n) is 13.5. The summed E-state index contributed by atoms with van der Waals surface area (Å²) in [7, 11) is 0. The lowest BCUT2D eigenvalue weighted by Crippen LogP contribution is -2.25. The summed E-state index contributed by atoms with van der Waals surface area (Å²) in [6.07, 6.45) is 2.21. The second kappa shape index (κ2) is 8.70. The molecule has 3 heteroatoms. The van der Waals surface area contributed by atoms with E-state index in [0.29, 0.717) is 12.5 Å². The SMILES string of the molecule is c1ccc(COc2cccc(CCNCC3CCOC3)c2)cc1. The van der Waals surface area contributed by atoms with Crippen molar-refractivity contribution in [3.05, 3.63) is 65.7 Å². The molecule has 1 saturated heterocycles. The van der Waals surface area contributed by atoms with Crippen molar-refractivity contribution in [3.8, 4) is 5.75 Å². The Morgan fingerprint density at radius 1 is 1.04 bits per heavy atom. The molecular weight excluding hydrogens is 286 g/mol. The van der Waals surface area contributed by atoms with E-state index in [2.05, 4.69) is 35.6 Å². The average molecular weight is 311 g/mol. The topological polar surface area (TPSA) is 30.5 Å². The van der Waals surface area contributed by atoms with Crippen LogP contribution in [0.2, 0.25) is 0 Å². The molecule has 0 saturated carbocycles. The van der Waals surface area contributed by atoms with Crippen LogP contribution in [-0.2, 0) is 17.8 Å². The molecule has 0 aromatic heterocycles. The lowest BCUT2D eigenvalue weighted by Gasteiger charge is -2.10. The Kier molecular flexibility index (Phi) is 6.07. The minimum Gasteiger partial charge on any atom is -0.489 e. The van der Waals surface area contributed by atoms with E-state index in [-0.39, 0.29) is 0 Å². The monoisotopic (exact) mass is 311 g/mol. The van der Waals surface area contributed by atoms with E-state index in [1.165, 1.54) is 17.5 Å². The second-order valence-electron chi connectivity index (χ2n) is 6.11. The fraction of sp³-hybridized carbons (Fsp3) is 0.400. The summed E-state index contributed by atoms with van der Waals surface area (Å²) < 4.78 is 11.3. The van der Waals surface area contributed by atoms with Crippen LogP contribution in [0.25, 0.3) is 0 Å². The van der Waals surface area contributed by atoms with Crippen LogP contribution in [0.15, 0.2) is 54.6 Å². The van der Waals surface area contributed by atoms with Crippen LogP contribution in [0, 0.1) is 5.92 Å². The van der Waals surface area contributed by atoms with E-state index in [1.807, 2.05) is 24.3 Å². The van der Waals surface area contributed by atoms with Crippen LogP contribution >= 0.6 is 0 Å². The molecule has 2 aromatic carbocycles. The highest BCUT2D eigenvalue weighted by Gasteiger charge is 2.14. The van der Waals surface area contributed by atoms with Crippen molar-refractivity contribution in [1.82, 2.24) is 5.32 Å². The van der Waals surface area contributed by atoms with Gasteiger partial charge in [-0.05, 0) is 48.6 Å². The Hall–Kier alpha value is -1.84.